The third kappa shape index (κ3) is 17.1. The van der Waals surface area contributed by atoms with Crippen molar-refractivity contribution in [1.82, 2.24) is 0 Å². The summed E-state index contributed by atoms with van der Waals surface area (Å²) in [5.41, 5.74) is 15.6. The quantitative estimate of drug-likeness (QED) is 0.0311. The van der Waals surface area contributed by atoms with Crippen LogP contribution >= 0.6 is 22.7 Å². The Kier molecular flexibility index (Phi) is 24.5. The summed E-state index contributed by atoms with van der Waals surface area (Å²) >= 11 is 3.76. The lowest BCUT2D eigenvalue weighted by Gasteiger charge is -2.25. The van der Waals surface area contributed by atoms with E-state index in [1.54, 1.807) is 0 Å². The molecule has 3 heterocycles. The highest BCUT2D eigenvalue weighted by molar-refractivity contribution is 7.17. The normalized spacial score (nSPS) is 12.2. The van der Waals surface area contributed by atoms with Crippen LogP contribution in [0.1, 0.15) is 162 Å². The third-order valence-corrected chi connectivity index (χ3v) is 19.0. The maximum absolute atomic E-state index is 10.3. The largest absolute Gasteiger partial charge is 0.457 e. The molecule has 0 atom stereocenters. The van der Waals surface area contributed by atoms with E-state index in [2.05, 4.69) is 244 Å². The summed E-state index contributed by atoms with van der Waals surface area (Å²) < 4.78 is 6.84. The van der Waals surface area contributed by atoms with Gasteiger partial charge in [0.1, 0.15) is 29.2 Å². The number of para-hydroxylation sites is 4. The van der Waals surface area contributed by atoms with Crippen LogP contribution in [0.3, 0.4) is 0 Å². The monoisotopic (exact) mass is 1180 g/mol. The highest BCUT2D eigenvalue weighted by Gasteiger charge is 2.23. The van der Waals surface area contributed by atoms with Crippen molar-refractivity contribution in [1.29, 1.82) is 10.5 Å². The maximum Gasteiger partial charge on any atom is 0.137 e. The molecule has 0 amide bonds. The lowest BCUT2D eigenvalue weighted by Crippen LogP contribution is -2.09. The third-order valence-electron chi connectivity index (χ3n) is 16.4. The van der Waals surface area contributed by atoms with Gasteiger partial charge in [-0.25, -0.2) is 0 Å². The number of nitriles is 2. The van der Waals surface area contributed by atoms with Crippen molar-refractivity contribution in [2.45, 2.75) is 156 Å². The first kappa shape index (κ1) is 63.3. The topological polar surface area (TPSA) is 63.3 Å². The van der Waals surface area contributed by atoms with Crippen molar-refractivity contribution in [3.63, 3.8) is 0 Å². The van der Waals surface area contributed by atoms with Crippen LogP contribution < -0.4 is 9.80 Å². The number of benzene rings is 6. The van der Waals surface area contributed by atoms with E-state index < -0.39 is 0 Å². The van der Waals surface area contributed by atoms with Gasteiger partial charge in [0.05, 0.1) is 0 Å². The second-order valence-electron chi connectivity index (χ2n) is 22.8. The Morgan fingerprint density at radius 1 is 0.368 bits per heavy atom. The Balaban J connectivity index is 1.07. The van der Waals surface area contributed by atoms with Crippen LogP contribution in [-0.4, -0.2) is 0 Å². The molecular formula is C80H86N4OS2. The van der Waals surface area contributed by atoms with Gasteiger partial charge >= 0.3 is 0 Å². The van der Waals surface area contributed by atoms with Crippen molar-refractivity contribution in [2.24, 2.45) is 0 Å². The van der Waals surface area contributed by atoms with Gasteiger partial charge in [-0.2, -0.15) is 10.5 Å². The van der Waals surface area contributed by atoms with Gasteiger partial charge in [0.2, 0.25) is 0 Å². The van der Waals surface area contributed by atoms with E-state index in [1.807, 2.05) is 34.8 Å². The molecule has 0 N–H and O–H groups in total. The molecule has 1 aliphatic rings. The minimum Gasteiger partial charge on any atom is -0.457 e. The maximum atomic E-state index is 10.3. The summed E-state index contributed by atoms with van der Waals surface area (Å²) in [7, 11) is 0. The zero-order valence-corrected chi connectivity index (χ0v) is 53.4. The molecule has 7 heteroatoms. The minimum atomic E-state index is 0.0620. The fourth-order valence-electron chi connectivity index (χ4n) is 11.8. The standard InChI is InChI=1S/C80H86N4OS2/c1-5-9-13-29-41-73-75(43-31-15-11-7-3)79(61-45-49-69(50-46-61)83(65-33-21-17-22-34-65)66-35-23-18-24-36-66)86-77(73)55-53-71-57-63(64(59-81)60-82)58-72(85-71)54-56-78-74(42-30-14-10-6-2)76(44-32-16-12-8-4)80(87-78)62-47-51-70(52-48-62)84(67-37-25-19-26-38-67)68-39-27-20-28-40-68/h17-28,33-40,45-58H,5-16,29-32,41-44H2,1-4H3/b55-53+,56-54+. The van der Waals surface area contributed by atoms with Crippen LogP contribution in [0.4, 0.5) is 34.1 Å². The average molecular weight is 1180 g/mol. The summed E-state index contributed by atoms with van der Waals surface area (Å²) in [5, 5.41) is 20.7. The van der Waals surface area contributed by atoms with Crippen molar-refractivity contribution in [2.75, 3.05) is 9.80 Å². The van der Waals surface area contributed by atoms with Crippen LogP contribution in [0.15, 0.2) is 217 Å². The number of allylic oxidation sites excluding steroid dienone is 6. The molecule has 0 bridgehead atoms. The number of hydrogen-bond donors (Lipinski definition) is 0. The number of rotatable bonds is 32. The Morgan fingerprint density at radius 2 is 0.667 bits per heavy atom. The van der Waals surface area contributed by atoms with Crippen LogP contribution in [0.5, 0.6) is 0 Å². The number of unbranched alkanes of at least 4 members (excludes halogenated alkanes) is 12. The van der Waals surface area contributed by atoms with E-state index >= 15 is 0 Å². The predicted octanol–water partition coefficient (Wildman–Crippen LogP) is 24.4. The van der Waals surface area contributed by atoms with E-state index in [0.717, 1.165) is 85.5 Å². The zero-order chi connectivity index (χ0) is 60.4. The SMILES string of the molecule is CCCCCCc1c(/C=C/C2=CC(=C(C#N)C#N)C=C(/C=C/c3sc(-c4ccc(N(c5ccccc5)c5ccccc5)cc4)c(CCCCCC)c3CCCCCC)O2)sc(-c2ccc(N(c3ccccc3)c3ccccc3)cc2)c1CCCCCC. The summed E-state index contributed by atoms with van der Waals surface area (Å²) in [6.45, 7) is 9.13. The molecule has 444 valence electrons. The molecular weight excluding hydrogens is 1100 g/mol. The van der Waals surface area contributed by atoms with Crippen molar-refractivity contribution < 1.29 is 4.74 Å². The Hall–Kier alpha value is -8.20. The first-order valence-electron chi connectivity index (χ1n) is 32.3. The summed E-state index contributed by atoms with van der Waals surface area (Å²) in [4.78, 5) is 9.78. The van der Waals surface area contributed by atoms with Gasteiger partial charge in [-0.1, -0.05) is 202 Å². The van der Waals surface area contributed by atoms with Crippen LogP contribution in [0, 0.1) is 22.7 Å². The van der Waals surface area contributed by atoms with E-state index in [0.29, 0.717) is 17.1 Å². The molecule has 9 rings (SSSR count). The molecule has 0 radical (unpaired) electrons. The molecule has 8 aromatic rings. The molecule has 0 saturated carbocycles. The first-order valence-corrected chi connectivity index (χ1v) is 33.9. The zero-order valence-electron chi connectivity index (χ0n) is 51.8. The number of nitrogens with zero attached hydrogens (tertiary/aromatic N) is 4. The number of hydrogen-bond acceptors (Lipinski definition) is 7. The summed E-state index contributed by atoms with van der Waals surface area (Å²) in [5.74, 6) is 1.20. The minimum absolute atomic E-state index is 0.0620. The molecule has 5 nitrogen and oxygen atoms in total. The van der Waals surface area contributed by atoms with Crippen LogP contribution in [-0.2, 0) is 30.4 Å². The van der Waals surface area contributed by atoms with Crippen molar-refractivity contribution >= 4 is 68.9 Å². The highest BCUT2D eigenvalue weighted by Crippen LogP contribution is 2.45. The summed E-state index contributed by atoms with van der Waals surface area (Å²) in [6.07, 6.45) is 35.4. The van der Waals surface area contributed by atoms with E-state index in [4.69, 9.17) is 4.74 Å². The molecule has 1 aliphatic heterocycles. The van der Waals surface area contributed by atoms with Crippen molar-refractivity contribution in [3.8, 4) is 33.0 Å². The Morgan fingerprint density at radius 3 is 0.966 bits per heavy atom. The van der Waals surface area contributed by atoms with Gasteiger partial charge in [0, 0.05) is 59.2 Å². The molecule has 0 fully saturated rings. The van der Waals surface area contributed by atoms with E-state index in [-0.39, 0.29) is 5.57 Å². The molecule has 6 aromatic carbocycles. The summed E-state index contributed by atoms with van der Waals surface area (Å²) in [6, 6.07) is 65.2. The second-order valence-corrected chi connectivity index (χ2v) is 24.9. The highest BCUT2D eigenvalue weighted by atomic mass is 32.1. The smallest absolute Gasteiger partial charge is 0.137 e. The number of anilines is 6. The Labute approximate surface area is 528 Å². The average Bonchev–Trinajstić information content (AvgIpc) is 3.70. The van der Waals surface area contributed by atoms with E-state index in [1.165, 1.54) is 130 Å². The molecule has 0 spiro atoms. The van der Waals surface area contributed by atoms with Crippen LogP contribution in [0.25, 0.3) is 33.0 Å². The van der Waals surface area contributed by atoms with Gasteiger partial charge in [0.15, 0.2) is 0 Å². The van der Waals surface area contributed by atoms with Gasteiger partial charge < -0.3 is 14.5 Å². The van der Waals surface area contributed by atoms with Crippen molar-refractivity contribution in [3.05, 3.63) is 249 Å². The Bertz CT molecular complexity index is 3350. The molecule has 0 saturated heterocycles. The van der Waals surface area contributed by atoms with Gasteiger partial charge in [-0.15, -0.1) is 22.7 Å². The number of ether oxygens (including phenoxy) is 1. The lowest BCUT2D eigenvalue weighted by atomic mass is 9.94. The first-order chi connectivity index (χ1) is 42.9. The molecule has 0 unspecified atom stereocenters. The molecule has 87 heavy (non-hydrogen) atoms. The van der Waals surface area contributed by atoms with E-state index in [9.17, 15) is 10.5 Å². The van der Waals surface area contributed by atoms with Gasteiger partial charge in [-0.3, -0.25) is 0 Å². The number of thiophene rings is 2. The lowest BCUT2D eigenvalue weighted by molar-refractivity contribution is 0.332. The predicted molar refractivity (Wildman–Crippen MR) is 374 cm³/mol. The fourth-order valence-corrected chi connectivity index (χ4v) is 14.4. The van der Waals surface area contributed by atoms with Gasteiger partial charge in [-0.05, 0) is 194 Å². The molecule has 0 aliphatic carbocycles. The second kappa shape index (κ2) is 33.6. The molecule has 2 aromatic heterocycles. The fraction of sp³-hybridized carbons (Fsp3) is 0.300. The van der Waals surface area contributed by atoms with Crippen LogP contribution in [0.2, 0.25) is 0 Å². The van der Waals surface area contributed by atoms with Gasteiger partial charge in [0.25, 0.3) is 0 Å².